The van der Waals surface area contributed by atoms with Crippen LogP contribution in [0.3, 0.4) is 0 Å². The van der Waals surface area contributed by atoms with Crippen LogP contribution in [-0.2, 0) is 9.57 Å². The quantitative estimate of drug-likeness (QED) is 0.0984. The molecule has 1 aromatic rings. The number of unbranched alkanes of at least 4 members (excludes halogenated alkanes) is 2. The highest BCUT2D eigenvalue weighted by Crippen LogP contribution is 2.62. The van der Waals surface area contributed by atoms with E-state index in [4.69, 9.17) is 19.0 Å². The second-order valence-corrected chi connectivity index (χ2v) is 13.6. The summed E-state index contributed by atoms with van der Waals surface area (Å²) in [5.74, 6) is 2.36. The number of fused-ring (bicyclic) bond motifs is 2. The van der Waals surface area contributed by atoms with Crippen molar-refractivity contribution < 1.29 is 29.3 Å². The Morgan fingerprint density at radius 3 is 2.65 bits per heavy atom. The maximum Gasteiger partial charge on any atom is 0.230 e. The molecule has 0 bridgehead atoms. The zero-order chi connectivity index (χ0) is 30.2. The molecule has 1 saturated carbocycles. The average molecular weight is 615 g/mol. The second-order valence-electron chi connectivity index (χ2n) is 12.1. The summed E-state index contributed by atoms with van der Waals surface area (Å²) in [6.07, 6.45) is 10.3. The van der Waals surface area contributed by atoms with Crippen LogP contribution < -0.4 is 9.47 Å². The fourth-order valence-corrected chi connectivity index (χ4v) is 8.64. The molecular weight excluding hydrogens is 564 g/mol. The van der Waals surface area contributed by atoms with E-state index < -0.39 is 5.79 Å². The molecule has 1 saturated heterocycles. The van der Waals surface area contributed by atoms with Gasteiger partial charge in [0.25, 0.3) is 0 Å². The third-order valence-electron chi connectivity index (χ3n) is 9.41. The number of rotatable bonds is 18. The zero-order valence-electron chi connectivity index (χ0n) is 25.9. The highest BCUT2D eigenvalue weighted by atomic mass is 32.2. The molecule has 2 heterocycles. The standard InChI is InChI=1S/C34H50N2O6S/c1-4-19-41-34-31(43-5-2)23-29(35-39-3)27-21-24(10-6-8-17-37)26(11-7-9-18-38)32(33(27)34)28-22-25(12-13-30(28)42-34)40-20-16-36-14-15-36/h4,12-13,21-22,24,26,31-33,37-38H,1,5-11,14-20,23H2,2-3H3/t24-,26+,31-,32+,33+,34+/m0/s1. The number of hydrogen-bond acceptors (Lipinski definition) is 9. The first-order valence-electron chi connectivity index (χ1n) is 16.2. The summed E-state index contributed by atoms with van der Waals surface area (Å²) < 4.78 is 20.2. The second kappa shape index (κ2) is 15.3. The number of hydrogen-bond donors (Lipinski definition) is 2. The third kappa shape index (κ3) is 7.12. The van der Waals surface area contributed by atoms with Crippen molar-refractivity contribution in [2.24, 2.45) is 22.9 Å². The Labute approximate surface area is 261 Å². The first kappa shape index (κ1) is 32.4. The van der Waals surface area contributed by atoms with Gasteiger partial charge in [0, 0.05) is 50.8 Å². The average Bonchev–Trinajstić information content (AvgIpc) is 3.84. The van der Waals surface area contributed by atoms with Gasteiger partial charge < -0.3 is 29.3 Å². The van der Waals surface area contributed by atoms with Crippen LogP contribution in [0.15, 0.2) is 47.7 Å². The minimum atomic E-state index is -0.891. The Hall–Kier alpha value is -2.04. The summed E-state index contributed by atoms with van der Waals surface area (Å²) in [7, 11) is 1.62. The Balaban J connectivity index is 1.65. The van der Waals surface area contributed by atoms with Gasteiger partial charge in [0.15, 0.2) is 0 Å². The van der Waals surface area contributed by atoms with Crippen molar-refractivity contribution in [2.45, 2.75) is 68.8 Å². The predicted molar refractivity (Wildman–Crippen MR) is 172 cm³/mol. The maximum atomic E-state index is 9.70. The van der Waals surface area contributed by atoms with Crippen LogP contribution in [0, 0.1) is 17.8 Å². The number of ether oxygens (including phenoxy) is 3. The Bertz CT molecular complexity index is 1140. The first-order valence-corrected chi connectivity index (χ1v) is 17.2. The third-order valence-corrected chi connectivity index (χ3v) is 10.6. The van der Waals surface area contributed by atoms with E-state index in [1.54, 1.807) is 7.11 Å². The largest absolute Gasteiger partial charge is 0.492 e. The number of benzene rings is 1. The van der Waals surface area contributed by atoms with Gasteiger partial charge in [-0.25, -0.2) is 0 Å². The number of thioether (sulfide) groups is 1. The van der Waals surface area contributed by atoms with Crippen LogP contribution in [-0.4, -0.2) is 90.8 Å². The van der Waals surface area contributed by atoms with E-state index in [9.17, 15) is 10.2 Å². The minimum Gasteiger partial charge on any atom is -0.492 e. The molecule has 0 amide bonds. The predicted octanol–water partition coefficient (Wildman–Crippen LogP) is 5.40. The Kier molecular flexibility index (Phi) is 11.5. The molecule has 0 aromatic heterocycles. The van der Waals surface area contributed by atoms with Crippen LogP contribution in [0.5, 0.6) is 11.5 Å². The number of allylic oxidation sites excluding steroid dienone is 1. The summed E-state index contributed by atoms with van der Waals surface area (Å²) in [4.78, 5) is 7.81. The minimum absolute atomic E-state index is 0.0108. The van der Waals surface area contributed by atoms with Gasteiger partial charge in [-0.2, -0.15) is 11.8 Å². The topological polar surface area (TPSA) is 92.8 Å². The Morgan fingerprint density at radius 1 is 1.16 bits per heavy atom. The van der Waals surface area contributed by atoms with Crippen molar-refractivity contribution in [1.29, 1.82) is 0 Å². The fourth-order valence-electron chi connectivity index (χ4n) is 7.46. The van der Waals surface area contributed by atoms with Crippen LogP contribution >= 0.6 is 11.8 Å². The summed E-state index contributed by atoms with van der Waals surface area (Å²) in [6, 6.07) is 6.31. The van der Waals surface area contributed by atoms with Gasteiger partial charge in [-0.3, -0.25) is 4.90 Å². The number of oxime groups is 1. The molecular formula is C34H50N2O6S. The molecule has 6 atom stereocenters. The number of nitrogens with zero attached hydrogens (tertiary/aromatic N) is 2. The maximum absolute atomic E-state index is 9.70. The molecule has 8 nitrogen and oxygen atoms in total. The fraction of sp³-hybridized carbons (Fsp3) is 0.676. The SMILES string of the molecule is C=CCO[C@@]12Oc3ccc(OCCN4CC4)cc3[C@H]3[C@H](CCCCO)[C@@H](CCCCO)C=C(C(=NOC)C[C@@H]1SCC)[C@H]32. The van der Waals surface area contributed by atoms with E-state index in [-0.39, 0.29) is 36.2 Å². The summed E-state index contributed by atoms with van der Waals surface area (Å²) >= 11 is 1.86. The van der Waals surface area contributed by atoms with Crippen molar-refractivity contribution in [2.75, 3.05) is 58.9 Å². The summed E-state index contributed by atoms with van der Waals surface area (Å²) in [5.41, 5.74) is 3.30. The molecule has 2 N–H and O–H groups in total. The van der Waals surface area contributed by atoms with Gasteiger partial charge in [0.2, 0.25) is 5.79 Å². The molecule has 4 aliphatic rings. The molecule has 0 unspecified atom stereocenters. The van der Waals surface area contributed by atoms with Gasteiger partial charge in [0.05, 0.1) is 23.5 Å². The first-order chi connectivity index (χ1) is 21.1. The molecule has 2 fully saturated rings. The number of aliphatic hydroxyl groups excluding tert-OH is 2. The summed E-state index contributed by atoms with van der Waals surface area (Å²) in [5, 5.41) is 23.9. The van der Waals surface area contributed by atoms with E-state index in [0.29, 0.717) is 25.6 Å². The van der Waals surface area contributed by atoms with Crippen molar-refractivity contribution in [3.63, 3.8) is 0 Å². The van der Waals surface area contributed by atoms with Gasteiger partial charge in [-0.1, -0.05) is 37.1 Å². The van der Waals surface area contributed by atoms with Crippen molar-refractivity contribution in [3.05, 3.63) is 48.1 Å². The van der Waals surface area contributed by atoms with E-state index >= 15 is 0 Å². The highest BCUT2D eigenvalue weighted by Gasteiger charge is 2.63. The van der Waals surface area contributed by atoms with Gasteiger partial charge in [-0.05, 0) is 67.0 Å². The monoisotopic (exact) mass is 614 g/mol. The van der Waals surface area contributed by atoms with Crippen LogP contribution in [0.2, 0.25) is 0 Å². The lowest BCUT2D eigenvalue weighted by molar-refractivity contribution is -0.223. The van der Waals surface area contributed by atoms with Crippen LogP contribution in [0.4, 0.5) is 0 Å². The Morgan fingerprint density at radius 2 is 1.95 bits per heavy atom. The smallest absolute Gasteiger partial charge is 0.230 e. The summed E-state index contributed by atoms with van der Waals surface area (Å²) in [6.45, 7) is 10.8. The van der Waals surface area contributed by atoms with Crippen molar-refractivity contribution in [3.8, 4) is 11.5 Å². The van der Waals surface area contributed by atoms with Crippen molar-refractivity contribution >= 4 is 17.5 Å². The molecule has 238 valence electrons. The molecule has 43 heavy (non-hydrogen) atoms. The molecule has 1 aromatic carbocycles. The molecule has 2 aliphatic heterocycles. The lowest BCUT2D eigenvalue weighted by Gasteiger charge is -2.58. The molecule has 9 heteroatoms. The van der Waals surface area contributed by atoms with Crippen molar-refractivity contribution in [1.82, 2.24) is 4.90 Å². The molecule has 0 radical (unpaired) electrons. The highest BCUT2D eigenvalue weighted by molar-refractivity contribution is 8.00. The van der Waals surface area contributed by atoms with Gasteiger partial charge >= 0.3 is 0 Å². The van der Waals surface area contributed by atoms with E-state index in [1.807, 2.05) is 23.9 Å². The normalized spacial score (nSPS) is 30.2. The van der Waals surface area contributed by atoms with E-state index in [2.05, 4.69) is 41.8 Å². The molecule has 2 aliphatic carbocycles. The lowest BCUT2D eigenvalue weighted by Crippen LogP contribution is -2.64. The molecule has 5 rings (SSSR count). The van der Waals surface area contributed by atoms with E-state index in [1.165, 1.54) is 0 Å². The lowest BCUT2D eigenvalue weighted by atomic mass is 9.56. The van der Waals surface area contributed by atoms with E-state index in [0.717, 1.165) is 92.3 Å². The molecule has 0 spiro atoms. The van der Waals surface area contributed by atoms with Crippen LogP contribution in [0.1, 0.15) is 63.4 Å². The van der Waals surface area contributed by atoms with Gasteiger partial charge in [-0.15, -0.1) is 6.58 Å². The van der Waals surface area contributed by atoms with Crippen LogP contribution in [0.25, 0.3) is 0 Å². The zero-order valence-corrected chi connectivity index (χ0v) is 26.7. The number of aliphatic hydroxyl groups is 2. The van der Waals surface area contributed by atoms with Gasteiger partial charge in [0.1, 0.15) is 25.2 Å².